The summed E-state index contributed by atoms with van der Waals surface area (Å²) in [5.41, 5.74) is 1.39. The average molecular weight is 275 g/mol. The molecule has 112 valence electrons. The van der Waals surface area contributed by atoms with Gasteiger partial charge in [0, 0.05) is 6.04 Å². The Bertz CT molecular complexity index is 404. The Kier molecular flexibility index (Phi) is 5.90. The summed E-state index contributed by atoms with van der Waals surface area (Å²) in [7, 11) is 1.75. The van der Waals surface area contributed by atoms with Gasteiger partial charge in [-0.15, -0.1) is 0 Å². The van der Waals surface area contributed by atoms with E-state index in [-0.39, 0.29) is 0 Å². The zero-order chi connectivity index (χ0) is 14.4. The van der Waals surface area contributed by atoms with Crippen LogP contribution in [0, 0.1) is 11.8 Å². The van der Waals surface area contributed by atoms with Crippen LogP contribution >= 0.6 is 0 Å². The molecule has 3 unspecified atom stereocenters. The molecule has 1 N–H and O–H groups in total. The monoisotopic (exact) mass is 275 g/mol. The summed E-state index contributed by atoms with van der Waals surface area (Å²) >= 11 is 0. The van der Waals surface area contributed by atoms with Crippen LogP contribution in [0.15, 0.2) is 24.3 Å². The van der Waals surface area contributed by atoms with Gasteiger partial charge in [-0.1, -0.05) is 38.8 Å². The van der Waals surface area contributed by atoms with Crippen LogP contribution in [0.5, 0.6) is 5.75 Å². The lowest BCUT2D eigenvalue weighted by atomic mass is 9.76. The van der Waals surface area contributed by atoms with E-state index in [0.717, 1.165) is 24.1 Å². The second kappa shape index (κ2) is 7.68. The Balaban J connectivity index is 2.16. The Labute approximate surface area is 123 Å². The summed E-state index contributed by atoms with van der Waals surface area (Å²) in [4.78, 5) is 0. The molecule has 1 fully saturated rings. The molecule has 0 aromatic heterocycles. The summed E-state index contributed by atoms with van der Waals surface area (Å²) in [6.07, 6.45) is 6.65. The van der Waals surface area contributed by atoms with Gasteiger partial charge in [0.25, 0.3) is 0 Å². The molecule has 1 aliphatic rings. The molecule has 1 aliphatic carbocycles. The van der Waals surface area contributed by atoms with Crippen molar-refractivity contribution in [2.75, 3.05) is 13.7 Å². The summed E-state index contributed by atoms with van der Waals surface area (Å²) in [6, 6.07) is 9.07. The van der Waals surface area contributed by atoms with E-state index >= 15 is 0 Å². The minimum atomic E-state index is 0.479. The average Bonchev–Trinajstić information content (AvgIpc) is 2.48. The quantitative estimate of drug-likeness (QED) is 0.821. The molecular formula is C18H29NO. The smallest absolute Gasteiger partial charge is 0.119 e. The van der Waals surface area contributed by atoms with Gasteiger partial charge in [-0.3, -0.25) is 0 Å². The highest BCUT2D eigenvalue weighted by molar-refractivity contribution is 5.31. The molecule has 3 atom stereocenters. The van der Waals surface area contributed by atoms with Crippen molar-refractivity contribution < 1.29 is 4.74 Å². The van der Waals surface area contributed by atoms with Gasteiger partial charge in [0.2, 0.25) is 0 Å². The predicted molar refractivity (Wildman–Crippen MR) is 85.2 cm³/mol. The molecule has 1 aromatic rings. The van der Waals surface area contributed by atoms with Crippen LogP contribution in [0.4, 0.5) is 0 Å². The molecule has 0 aliphatic heterocycles. The fourth-order valence-corrected chi connectivity index (χ4v) is 3.48. The number of methoxy groups -OCH3 is 1. The summed E-state index contributed by atoms with van der Waals surface area (Å²) < 4.78 is 5.39. The Morgan fingerprint density at radius 3 is 2.90 bits per heavy atom. The van der Waals surface area contributed by atoms with Crippen molar-refractivity contribution in [1.82, 2.24) is 5.32 Å². The highest BCUT2D eigenvalue weighted by Gasteiger charge is 2.27. The Hall–Kier alpha value is -1.02. The lowest BCUT2D eigenvalue weighted by Gasteiger charge is -2.34. The van der Waals surface area contributed by atoms with Gasteiger partial charge in [0.1, 0.15) is 5.75 Å². The van der Waals surface area contributed by atoms with Gasteiger partial charge in [-0.05, 0) is 55.3 Å². The topological polar surface area (TPSA) is 21.3 Å². The molecule has 0 saturated heterocycles. The minimum absolute atomic E-state index is 0.479. The fraction of sp³-hybridized carbons (Fsp3) is 0.667. The minimum Gasteiger partial charge on any atom is -0.497 e. The van der Waals surface area contributed by atoms with E-state index < -0.39 is 0 Å². The van der Waals surface area contributed by atoms with Crippen molar-refractivity contribution in [1.29, 1.82) is 0 Å². The van der Waals surface area contributed by atoms with Gasteiger partial charge >= 0.3 is 0 Å². The van der Waals surface area contributed by atoms with E-state index in [0.29, 0.717) is 6.04 Å². The molecule has 0 amide bonds. The third kappa shape index (κ3) is 3.99. The van der Waals surface area contributed by atoms with Gasteiger partial charge < -0.3 is 10.1 Å². The second-order valence-electron chi connectivity index (χ2n) is 6.24. The van der Waals surface area contributed by atoms with Crippen LogP contribution in [0.2, 0.25) is 0 Å². The van der Waals surface area contributed by atoms with Crippen molar-refractivity contribution in [2.45, 2.75) is 52.0 Å². The van der Waals surface area contributed by atoms with Gasteiger partial charge in [-0.2, -0.15) is 0 Å². The molecule has 0 radical (unpaired) electrons. The zero-order valence-electron chi connectivity index (χ0n) is 13.2. The van der Waals surface area contributed by atoms with Crippen molar-refractivity contribution in [3.05, 3.63) is 29.8 Å². The molecule has 0 spiro atoms. The first-order valence-corrected chi connectivity index (χ1v) is 8.12. The highest BCUT2D eigenvalue weighted by atomic mass is 16.5. The number of rotatable bonds is 6. The SMILES string of the molecule is CCCNC(c1cccc(OC)c1)C1CCCC(C)C1. The molecule has 2 nitrogen and oxygen atoms in total. The van der Waals surface area contributed by atoms with E-state index in [1.165, 1.54) is 37.7 Å². The summed E-state index contributed by atoms with van der Waals surface area (Å²) in [6.45, 7) is 5.72. The molecule has 0 heterocycles. The summed E-state index contributed by atoms with van der Waals surface area (Å²) in [5.74, 6) is 2.59. The maximum Gasteiger partial charge on any atom is 0.119 e. The first kappa shape index (κ1) is 15.4. The molecule has 0 bridgehead atoms. The maximum atomic E-state index is 5.39. The van der Waals surface area contributed by atoms with Crippen molar-refractivity contribution in [2.24, 2.45) is 11.8 Å². The van der Waals surface area contributed by atoms with Crippen molar-refractivity contribution in [3.8, 4) is 5.75 Å². The zero-order valence-corrected chi connectivity index (χ0v) is 13.2. The van der Waals surface area contributed by atoms with Crippen molar-refractivity contribution >= 4 is 0 Å². The third-order valence-electron chi connectivity index (χ3n) is 4.52. The molecule has 20 heavy (non-hydrogen) atoms. The van der Waals surface area contributed by atoms with E-state index in [1.54, 1.807) is 7.11 Å². The van der Waals surface area contributed by atoms with Crippen LogP contribution in [0.1, 0.15) is 57.6 Å². The Morgan fingerprint density at radius 1 is 1.35 bits per heavy atom. The van der Waals surface area contributed by atoms with E-state index in [4.69, 9.17) is 4.74 Å². The second-order valence-corrected chi connectivity index (χ2v) is 6.24. The first-order chi connectivity index (χ1) is 9.74. The largest absolute Gasteiger partial charge is 0.497 e. The van der Waals surface area contributed by atoms with Crippen LogP contribution in [-0.4, -0.2) is 13.7 Å². The number of hydrogen-bond acceptors (Lipinski definition) is 2. The number of benzene rings is 1. The van der Waals surface area contributed by atoms with Gasteiger partial charge in [0.05, 0.1) is 7.11 Å². The van der Waals surface area contributed by atoms with Crippen LogP contribution in [0.25, 0.3) is 0 Å². The summed E-state index contributed by atoms with van der Waals surface area (Å²) in [5, 5.41) is 3.77. The molecule has 1 saturated carbocycles. The van der Waals surface area contributed by atoms with E-state index in [1.807, 2.05) is 6.07 Å². The van der Waals surface area contributed by atoms with Gasteiger partial charge in [0.15, 0.2) is 0 Å². The van der Waals surface area contributed by atoms with E-state index in [2.05, 4.69) is 37.4 Å². The molecule has 2 heteroatoms. The van der Waals surface area contributed by atoms with Crippen LogP contribution in [-0.2, 0) is 0 Å². The molecule has 2 rings (SSSR count). The maximum absolute atomic E-state index is 5.39. The number of hydrogen-bond donors (Lipinski definition) is 1. The van der Waals surface area contributed by atoms with E-state index in [9.17, 15) is 0 Å². The van der Waals surface area contributed by atoms with Crippen LogP contribution < -0.4 is 10.1 Å². The van der Waals surface area contributed by atoms with Crippen molar-refractivity contribution in [3.63, 3.8) is 0 Å². The predicted octanol–water partition coefficient (Wildman–Crippen LogP) is 4.56. The standard InChI is InChI=1S/C18H29NO/c1-4-11-19-18(15-8-5-7-14(2)12-15)16-9-6-10-17(13-16)20-3/h6,9-10,13-15,18-19H,4-5,7-8,11-12H2,1-3H3. The lowest BCUT2D eigenvalue weighted by Crippen LogP contribution is -2.31. The number of nitrogens with one attached hydrogen (secondary N) is 1. The molecule has 1 aromatic carbocycles. The number of ether oxygens (including phenoxy) is 1. The third-order valence-corrected chi connectivity index (χ3v) is 4.52. The fourth-order valence-electron chi connectivity index (χ4n) is 3.48. The lowest BCUT2D eigenvalue weighted by molar-refractivity contribution is 0.223. The Morgan fingerprint density at radius 2 is 2.20 bits per heavy atom. The normalized spacial score (nSPS) is 24.4. The highest BCUT2D eigenvalue weighted by Crippen LogP contribution is 2.37. The van der Waals surface area contributed by atoms with Crippen LogP contribution in [0.3, 0.4) is 0 Å². The van der Waals surface area contributed by atoms with Gasteiger partial charge in [-0.25, -0.2) is 0 Å². The first-order valence-electron chi connectivity index (χ1n) is 8.12. The molecular weight excluding hydrogens is 246 g/mol.